The van der Waals surface area contributed by atoms with Crippen LogP contribution in [0.3, 0.4) is 0 Å². The predicted molar refractivity (Wildman–Crippen MR) is 116 cm³/mol. The number of pyridine rings is 1. The molecule has 1 atom stereocenters. The largest absolute Gasteiger partial charge is 0.416 e. The number of alkyl halides is 3. The monoisotopic (exact) mass is 436 g/mol. The van der Waals surface area contributed by atoms with Crippen molar-refractivity contribution in [2.75, 3.05) is 17.2 Å². The van der Waals surface area contributed by atoms with E-state index in [0.29, 0.717) is 18.1 Å². The van der Waals surface area contributed by atoms with Crippen LogP contribution >= 0.6 is 0 Å². The van der Waals surface area contributed by atoms with Gasteiger partial charge in [0.1, 0.15) is 18.0 Å². The molecule has 0 bridgehead atoms. The SMILES string of the molecule is CC1CN(c2ccc(C(F)(F)F)cc2)c2cc(-c3ccc(N)nc3)ccc2-n2cnnc21. The van der Waals surface area contributed by atoms with Crippen LogP contribution in [0.15, 0.2) is 67.1 Å². The third-order valence-electron chi connectivity index (χ3n) is 5.62. The zero-order valence-corrected chi connectivity index (χ0v) is 17.1. The van der Waals surface area contributed by atoms with Gasteiger partial charge in [-0.3, -0.25) is 4.57 Å². The maximum Gasteiger partial charge on any atom is 0.416 e. The van der Waals surface area contributed by atoms with E-state index < -0.39 is 11.7 Å². The van der Waals surface area contributed by atoms with Crippen LogP contribution in [0, 0.1) is 0 Å². The van der Waals surface area contributed by atoms with Crippen LogP contribution in [0.1, 0.15) is 24.2 Å². The zero-order valence-electron chi connectivity index (χ0n) is 17.1. The van der Waals surface area contributed by atoms with Gasteiger partial charge in [-0.1, -0.05) is 13.0 Å². The Kier molecular flexibility index (Phi) is 4.61. The number of rotatable bonds is 2. The second-order valence-electron chi connectivity index (χ2n) is 7.79. The summed E-state index contributed by atoms with van der Waals surface area (Å²) >= 11 is 0. The molecule has 32 heavy (non-hydrogen) atoms. The second kappa shape index (κ2) is 7.37. The van der Waals surface area contributed by atoms with Crippen LogP contribution in [0.2, 0.25) is 0 Å². The van der Waals surface area contributed by atoms with E-state index in [-0.39, 0.29) is 5.92 Å². The van der Waals surface area contributed by atoms with Gasteiger partial charge in [0, 0.05) is 29.9 Å². The van der Waals surface area contributed by atoms with Gasteiger partial charge in [-0.15, -0.1) is 10.2 Å². The van der Waals surface area contributed by atoms with Gasteiger partial charge in [-0.2, -0.15) is 13.2 Å². The topological polar surface area (TPSA) is 72.9 Å². The van der Waals surface area contributed by atoms with Crippen molar-refractivity contribution in [2.45, 2.75) is 19.0 Å². The first-order valence-electron chi connectivity index (χ1n) is 10.0. The van der Waals surface area contributed by atoms with Crippen molar-refractivity contribution in [1.29, 1.82) is 0 Å². The Morgan fingerprint density at radius 1 is 0.969 bits per heavy atom. The summed E-state index contributed by atoms with van der Waals surface area (Å²) < 4.78 is 41.2. The normalized spacial score (nSPS) is 15.8. The molecule has 2 aromatic heterocycles. The highest BCUT2D eigenvalue weighted by molar-refractivity contribution is 5.79. The molecule has 0 saturated carbocycles. The van der Waals surface area contributed by atoms with E-state index in [4.69, 9.17) is 5.73 Å². The minimum atomic E-state index is -4.38. The number of nitrogens with zero attached hydrogens (tertiary/aromatic N) is 5. The van der Waals surface area contributed by atoms with E-state index >= 15 is 0 Å². The summed E-state index contributed by atoms with van der Waals surface area (Å²) in [6.07, 6.45) is -1.03. The molecule has 0 fully saturated rings. The summed E-state index contributed by atoms with van der Waals surface area (Å²) in [5.41, 5.74) is 9.19. The molecule has 0 aliphatic carbocycles. The second-order valence-corrected chi connectivity index (χ2v) is 7.79. The molecule has 9 heteroatoms. The molecule has 2 aromatic carbocycles. The summed E-state index contributed by atoms with van der Waals surface area (Å²) in [7, 11) is 0. The molecule has 2 N–H and O–H groups in total. The maximum absolute atomic E-state index is 13.1. The highest BCUT2D eigenvalue weighted by Crippen LogP contribution is 2.40. The molecule has 1 aliphatic heterocycles. The van der Waals surface area contributed by atoms with Crippen molar-refractivity contribution in [1.82, 2.24) is 19.7 Å². The van der Waals surface area contributed by atoms with Gasteiger partial charge in [-0.05, 0) is 54.1 Å². The van der Waals surface area contributed by atoms with Gasteiger partial charge >= 0.3 is 6.18 Å². The highest BCUT2D eigenvalue weighted by Gasteiger charge is 2.31. The summed E-state index contributed by atoms with van der Waals surface area (Å²) in [6.45, 7) is 2.55. The minimum absolute atomic E-state index is 0.00571. The van der Waals surface area contributed by atoms with Crippen molar-refractivity contribution < 1.29 is 13.2 Å². The fourth-order valence-corrected chi connectivity index (χ4v) is 3.99. The van der Waals surface area contributed by atoms with Crippen LogP contribution in [-0.2, 0) is 6.18 Å². The van der Waals surface area contributed by atoms with E-state index in [1.54, 1.807) is 18.6 Å². The van der Waals surface area contributed by atoms with Crippen molar-refractivity contribution in [3.8, 4) is 16.8 Å². The van der Waals surface area contributed by atoms with Gasteiger partial charge in [0.05, 0.1) is 16.9 Å². The number of fused-ring (bicyclic) bond motifs is 3. The molecular weight excluding hydrogens is 417 g/mol. The number of nitrogens with two attached hydrogens (primary N) is 1. The van der Waals surface area contributed by atoms with Gasteiger partial charge in [-0.25, -0.2) is 4.98 Å². The molecule has 4 aromatic rings. The number of nitrogen functional groups attached to an aromatic ring is 1. The van der Waals surface area contributed by atoms with Crippen LogP contribution < -0.4 is 10.6 Å². The standard InChI is InChI=1S/C23H19F3N6/c1-14-12-31(18-6-4-17(5-7-18)23(24,25)26)20-10-15(16-3-9-21(27)28-11-16)2-8-19(20)32-13-29-30-22(14)32/h2-11,13-14H,12H2,1H3,(H2,27,28). The van der Waals surface area contributed by atoms with Crippen LogP contribution in [-0.4, -0.2) is 26.3 Å². The minimum Gasteiger partial charge on any atom is -0.384 e. The first kappa shape index (κ1) is 20.0. The van der Waals surface area contributed by atoms with Crippen LogP contribution in [0.4, 0.5) is 30.4 Å². The summed E-state index contributed by atoms with van der Waals surface area (Å²) in [5.74, 6) is 1.22. The van der Waals surface area contributed by atoms with Crippen LogP contribution in [0.25, 0.3) is 16.8 Å². The molecule has 5 rings (SSSR count). The number of anilines is 3. The molecule has 1 unspecified atom stereocenters. The fraction of sp³-hybridized carbons (Fsp3) is 0.174. The molecular formula is C23H19F3N6. The lowest BCUT2D eigenvalue weighted by molar-refractivity contribution is -0.137. The summed E-state index contributed by atoms with van der Waals surface area (Å²) in [4.78, 5) is 6.19. The predicted octanol–water partition coefficient (Wildman–Crippen LogP) is 5.19. The Hall–Kier alpha value is -3.88. The van der Waals surface area contributed by atoms with Crippen molar-refractivity contribution >= 4 is 17.2 Å². The van der Waals surface area contributed by atoms with Gasteiger partial charge in [0.25, 0.3) is 0 Å². The number of benzene rings is 2. The molecule has 0 spiro atoms. The molecule has 3 heterocycles. The number of halogens is 3. The fourth-order valence-electron chi connectivity index (χ4n) is 3.99. The van der Waals surface area contributed by atoms with E-state index in [1.165, 1.54) is 12.1 Å². The lowest BCUT2D eigenvalue weighted by Crippen LogP contribution is -2.22. The molecule has 0 saturated heterocycles. The third kappa shape index (κ3) is 3.45. The Morgan fingerprint density at radius 3 is 2.41 bits per heavy atom. The van der Waals surface area contributed by atoms with E-state index in [9.17, 15) is 13.2 Å². The Labute approximate surface area is 182 Å². The lowest BCUT2D eigenvalue weighted by Gasteiger charge is -2.27. The van der Waals surface area contributed by atoms with Crippen molar-refractivity contribution in [3.63, 3.8) is 0 Å². The van der Waals surface area contributed by atoms with E-state index in [2.05, 4.69) is 15.2 Å². The average Bonchev–Trinajstić information content (AvgIpc) is 3.23. The Morgan fingerprint density at radius 2 is 1.72 bits per heavy atom. The quantitative estimate of drug-likeness (QED) is 0.468. The molecule has 1 aliphatic rings. The van der Waals surface area contributed by atoms with Gasteiger partial charge in [0.2, 0.25) is 0 Å². The smallest absolute Gasteiger partial charge is 0.384 e. The third-order valence-corrected chi connectivity index (χ3v) is 5.62. The summed E-state index contributed by atoms with van der Waals surface area (Å²) in [6, 6.07) is 14.8. The highest BCUT2D eigenvalue weighted by atomic mass is 19.4. The Balaban J connectivity index is 1.66. The first-order chi connectivity index (χ1) is 15.3. The van der Waals surface area contributed by atoms with Crippen LogP contribution in [0.5, 0.6) is 0 Å². The van der Waals surface area contributed by atoms with Crippen molar-refractivity contribution in [2.24, 2.45) is 0 Å². The van der Waals surface area contributed by atoms with Crippen molar-refractivity contribution in [3.05, 3.63) is 78.5 Å². The van der Waals surface area contributed by atoms with Gasteiger partial charge < -0.3 is 10.6 Å². The summed E-state index contributed by atoms with van der Waals surface area (Å²) in [5, 5.41) is 8.34. The average molecular weight is 436 g/mol. The van der Waals surface area contributed by atoms with E-state index in [1.807, 2.05) is 40.7 Å². The number of aromatic nitrogens is 4. The lowest BCUT2D eigenvalue weighted by atomic mass is 10.0. The molecule has 162 valence electrons. The van der Waals surface area contributed by atoms with E-state index in [0.717, 1.165) is 40.5 Å². The number of hydrogen-bond donors (Lipinski definition) is 1. The number of hydrogen-bond acceptors (Lipinski definition) is 5. The molecule has 0 radical (unpaired) electrons. The first-order valence-corrected chi connectivity index (χ1v) is 10.0. The zero-order chi connectivity index (χ0) is 22.5. The maximum atomic E-state index is 13.1. The van der Waals surface area contributed by atoms with Gasteiger partial charge in [0.15, 0.2) is 0 Å². The molecule has 6 nitrogen and oxygen atoms in total. The Bertz CT molecular complexity index is 1260. The molecule has 0 amide bonds.